The van der Waals surface area contributed by atoms with Gasteiger partial charge in [0, 0.05) is 24.7 Å². The highest BCUT2D eigenvalue weighted by atomic mass is 35.5. The third kappa shape index (κ3) is 6.38. The number of hydrogen-bond donors (Lipinski definition) is 2. The molecule has 0 atom stereocenters. The first-order chi connectivity index (χ1) is 9.15. The number of rotatable bonds is 8. The van der Waals surface area contributed by atoms with E-state index >= 15 is 0 Å². The minimum Gasteiger partial charge on any atom is -0.395 e. The molecule has 1 rings (SSSR count). The minimum absolute atomic E-state index is 0.0261. The Labute approximate surface area is 118 Å². The number of halogens is 1. The molecule has 0 aromatic heterocycles. The van der Waals surface area contributed by atoms with Gasteiger partial charge in [0.1, 0.15) is 0 Å². The molecule has 1 aromatic rings. The number of benzene rings is 1. The van der Waals surface area contributed by atoms with Crippen molar-refractivity contribution in [3.8, 4) is 0 Å². The highest BCUT2D eigenvalue weighted by Crippen LogP contribution is 2.09. The van der Waals surface area contributed by atoms with Crippen molar-refractivity contribution in [2.45, 2.75) is 6.54 Å². The van der Waals surface area contributed by atoms with Gasteiger partial charge in [0.05, 0.1) is 13.2 Å². The topological polar surface area (TPSA) is 52.6 Å². The number of nitrogens with one attached hydrogen (secondary N) is 1. The van der Waals surface area contributed by atoms with Gasteiger partial charge in [0.25, 0.3) is 0 Å². The molecule has 0 fully saturated rings. The van der Waals surface area contributed by atoms with Crippen molar-refractivity contribution in [3.63, 3.8) is 0 Å². The fourth-order valence-corrected chi connectivity index (χ4v) is 1.75. The van der Waals surface area contributed by atoms with E-state index in [4.69, 9.17) is 16.7 Å². The number of carbonyl (C=O) groups is 1. The van der Waals surface area contributed by atoms with E-state index < -0.39 is 0 Å². The summed E-state index contributed by atoms with van der Waals surface area (Å²) in [6.07, 6.45) is 1.71. The van der Waals surface area contributed by atoms with E-state index in [1.807, 2.05) is 17.0 Å². The lowest BCUT2D eigenvalue weighted by molar-refractivity contribution is -0.122. The smallest absolute Gasteiger partial charge is 0.234 e. The molecule has 5 heteroatoms. The zero-order chi connectivity index (χ0) is 14.1. The third-order valence-corrected chi connectivity index (χ3v) is 2.83. The Morgan fingerprint density at radius 3 is 2.68 bits per heavy atom. The maximum absolute atomic E-state index is 11.7. The average molecular weight is 283 g/mol. The monoisotopic (exact) mass is 282 g/mol. The number of hydrogen-bond acceptors (Lipinski definition) is 3. The summed E-state index contributed by atoms with van der Waals surface area (Å²) in [7, 11) is 0. The summed E-state index contributed by atoms with van der Waals surface area (Å²) in [5.41, 5.74) is 0.996. The van der Waals surface area contributed by atoms with Crippen molar-refractivity contribution in [1.82, 2.24) is 10.2 Å². The SMILES string of the molecule is C=CCN(CCO)CC(=O)NCc1ccc(Cl)cc1. The molecule has 0 spiro atoms. The molecule has 0 aliphatic carbocycles. The maximum atomic E-state index is 11.7. The van der Waals surface area contributed by atoms with Gasteiger partial charge in [-0.05, 0) is 17.7 Å². The van der Waals surface area contributed by atoms with Crippen LogP contribution in [0.4, 0.5) is 0 Å². The van der Waals surface area contributed by atoms with E-state index in [-0.39, 0.29) is 19.1 Å². The first-order valence-electron chi connectivity index (χ1n) is 6.11. The molecule has 104 valence electrons. The molecule has 0 radical (unpaired) electrons. The Morgan fingerprint density at radius 1 is 1.42 bits per heavy atom. The molecule has 0 saturated carbocycles. The van der Waals surface area contributed by atoms with E-state index in [9.17, 15) is 4.79 Å². The molecule has 0 saturated heterocycles. The zero-order valence-electron chi connectivity index (χ0n) is 10.8. The van der Waals surface area contributed by atoms with E-state index in [0.717, 1.165) is 5.56 Å². The third-order valence-electron chi connectivity index (χ3n) is 2.57. The lowest BCUT2D eigenvalue weighted by Gasteiger charge is -2.18. The van der Waals surface area contributed by atoms with Crippen molar-refractivity contribution in [2.75, 3.05) is 26.2 Å². The highest BCUT2D eigenvalue weighted by Gasteiger charge is 2.08. The lowest BCUT2D eigenvalue weighted by atomic mass is 10.2. The molecule has 0 unspecified atom stereocenters. The second-order valence-electron chi connectivity index (χ2n) is 4.15. The highest BCUT2D eigenvalue weighted by molar-refractivity contribution is 6.30. The van der Waals surface area contributed by atoms with Crippen molar-refractivity contribution < 1.29 is 9.90 Å². The fourth-order valence-electron chi connectivity index (χ4n) is 1.62. The van der Waals surface area contributed by atoms with Crippen molar-refractivity contribution in [2.24, 2.45) is 0 Å². The number of carbonyl (C=O) groups excluding carboxylic acids is 1. The standard InChI is InChI=1S/C14H19ClN2O2/c1-2-7-17(8-9-18)11-14(19)16-10-12-3-5-13(15)6-4-12/h2-6,18H,1,7-11H2,(H,16,19). The van der Waals surface area contributed by atoms with Gasteiger partial charge in [0.2, 0.25) is 5.91 Å². The summed E-state index contributed by atoms with van der Waals surface area (Å²) in [5, 5.41) is 12.4. The largest absolute Gasteiger partial charge is 0.395 e. The number of amides is 1. The van der Waals surface area contributed by atoms with Crippen LogP contribution in [0.2, 0.25) is 5.02 Å². The van der Waals surface area contributed by atoms with Gasteiger partial charge in [-0.1, -0.05) is 29.8 Å². The number of nitrogens with zero attached hydrogens (tertiary/aromatic N) is 1. The molecule has 1 aromatic carbocycles. The summed E-state index contributed by atoms with van der Waals surface area (Å²) in [4.78, 5) is 13.6. The number of aliphatic hydroxyl groups is 1. The van der Waals surface area contributed by atoms with Gasteiger partial charge in [-0.3, -0.25) is 9.69 Å². The van der Waals surface area contributed by atoms with Gasteiger partial charge >= 0.3 is 0 Å². The van der Waals surface area contributed by atoms with Gasteiger partial charge < -0.3 is 10.4 Å². The van der Waals surface area contributed by atoms with Crippen LogP contribution >= 0.6 is 11.6 Å². The fraction of sp³-hybridized carbons (Fsp3) is 0.357. The summed E-state index contributed by atoms with van der Waals surface area (Å²) >= 11 is 5.79. The molecule has 1 amide bonds. The summed E-state index contributed by atoms with van der Waals surface area (Å²) in [5.74, 6) is -0.0785. The van der Waals surface area contributed by atoms with Crippen LogP contribution in [0.15, 0.2) is 36.9 Å². The quantitative estimate of drug-likeness (QED) is 0.710. The molecule has 4 nitrogen and oxygen atoms in total. The molecular weight excluding hydrogens is 264 g/mol. The number of aliphatic hydroxyl groups excluding tert-OH is 1. The van der Waals surface area contributed by atoms with E-state index in [2.05, 4.69) is 11.9 Å². The average Bonchev–Trinajstić information content (AvgIpc) is 2.39. The normalized spacial score (nSPS) is 10.5. The predicted molar refractivity (Wildman–Crippen MR) is 77.0 cm³/mol. The second kappa shape index (κ2) is 8.69. The van der Waals surface area contributed by atoms with Crippen molar-refractivity contribution in [1.29, 1.82) is 0 Å². The second-order valence-corrected chi connectivity index (χ2v) is 4.59. The molecule has 0 aliphatic heterocycles. The first-order valence-corrected chi connectivity index (χ1v) is 6.48. The van der Waals surface area contributed by atoms with Gasteiger partial charge in [-0.2, -0.15) is 0 Å². The maximum Gasteiger partial charge on any atom is 0.234 e. The molecule has 0 heterocycles. The van der Waals surface area contributed by atoms with Crippen LogP contribution < -0.4 is 5.32 Å². The Balaban J connectivity index is 2.37. The lowest BCUT2D eigenvalue weighted by Crippen LogP contribution is -2.38. The molecule has 0 bridgehead atoms. The van der Waals surface area contributed by atoms with Crippen LogP contribution in [-0.4, -0.2) is 42.2 Å². The van der Waals surface area contributed by atoms with Crippen LogP contribution in [0.3, 0.4) is 0 Å². The van der Waals surface area contributed by atoms with Gasteiger partial charge in [0.15, 0.2) is 0 Å². The first kappa shape index (κ1) is 15.7. The van der Waals surface area contributed by atoms with Crippen LogP contribution in [0.1, 0.15) is 5.56 Å². The zero-order valence-corrected chi connectivity index (χ0v) is 11.6. The Hall–Kier alpha value is -1.36. The Bertz CT molecular complexity index is 406. The van der Waals surface area contributed by atoms with E-state index in [1.54, 1.807) is 18.2 Å². The molecule has 19 heavy (non-hydrogen) atoms. The molecular formula is C14H19ClN2O2. The van der Waals surface area contributed by atoms with Crippen LogP contribution in [0, 0.1) is 0 Å². The van der Waals surface area contributed by atoms with Crippen LogP contribution in [0.25, 0.3) is 0 Å². The van der Waals surface area contributed by atoms with Gasteiger partial charge in [-0.15, -0.1) is 6.58 Å². The van der Waals surface area contributed by atoms with Crippen molar-refractivity contribution in [3.05, 3.63) is 47.5 Å². The van der Waals surface area contributed by atoms with Crippen molar-refractivity contribution >= 4 is 17.5 Å². The summed E-state index contributed by atoms with van der Waals surface area (Å²) in [6, 6.07) is 7.33. The Kier molecular flexibility index (Phi) is 7.18. The summed E-state index contributed by atoms with van der Waals surface area (Å²) in [6.45, 7) is 5.41. The van der Waals surface area contributed by atoms with E-state index in [0.29, 0.717) is 24.7 Å². The molecule has 2 N–H and O–H groups in total. The predicted octanol–water partition coefficient (Wildman–Crippen LogP) is 1.44. The van der Waals surface area contributed by atoms with Crippen LogP contribution in [-0.2, 0) is 11.3 Å². The van der Waals surface area contributed by atoms with E-state index in [1.165, 1.54) is 0 Å². The summed E-state index contributed by atoms with van der Waals surface area (Å²) < 4.78 is 0. The molecule has 0 aliphatic rings. The Morgan fingerprint density at radius 2 is 2.11 bits per heavy atom. The van der Waals surface area contributed by atoms with Gasteiger partial charge in [-0.25, -0.2) is 0 Å². The minimum atomic E-state index is -0.0785. The van der Waals surface area contributed by atoms with Crippen LogP contribution in [0.5, 0.6) is 0 Å².